The third-order valence-electron chi connectivity index (χ3n) is 3.39. The van der Waals surface area contributed by atoms with Crippen molar-refractivity contribution in [1.29, 1.82) is 0 Å². The van der Waals surface area contributed by atoms with Crippen LogP contribution in [-0.4, -0.2) is 43.6 Å². The van der Waals surface area contributed by atoms with Crippen molar-refractivity contribution in [1.82, 2.24) is 16.0 Å². The zero-order chi connectivity index (χ0) is 17.4. The number of para-hydroxylation sites is 1. The number of hydrogen-bond donors (Lipinski definition) is 3. The highest BCUT2D eigenvalue weighted by Gasteiger charge is 2.22. The molecule has 8 heteroatoms. The van der Waals surface area contributed by atoms with E-state index >= 15 is 0 Å². The number of carbonyl (C=O) groups is 1. The molecule has 0 radical (unpaired) electrons. The molecule has 0 bridgehead atoms. The minimum absolute atomic E-state index is 0. The number of rotatable bonds is 8. The number of benzene rings is 1. The summed E-state index contributed by atoms with van der Waals surface area (Å²) >= 11 is 0. The fourth-order valence-corrected chi connectivity index (χ4v) is 2.03. The summed E-state index contributed by atoms with van der Waals surface area (Å²) in [6.07, 6.45) is 1.85. The Kier molecular flexibility index (Phi) is 9.54. The molecule has 6 nitrogen and oxygen atoms in total. The Morgan fingerprint density at radius 3 is 2.72 bits per heavy atom. The number of ether oxygens (including phenoxy) is 1. The molecule has 1 atom stereocenters. The maximum Gasteiger partial charge on any atom is 0.242 e. The molecule has 1 aliphatic rings. The van der Waals surface area contributed by atoms with Crippen molar-refractivity contribution in [3.05, 3.63) is 30.1 Å². The Bertz CT molecular complexity index is 582. The minimum atomic E-state index is -0.387. The van der Waals surface area contributed by atoms with Crippen LogP contribution in [0.5, 0.6) is 5.75 Å². The fraction of sp³-hybridized carbons (Fsp3) is 0.529. The Morgan fingerprint density at radius 1 is 1.36 bits per heavy atom. The lowest BCUT2D eigenvalue weighted by atomic mass is 10.3. The molecule has 0 aliphatic heterocycles. The van der Waals surface area contributed by atoms with Crippen LogP contribution in [0.3, 0.4) is 0 Å². The highest BCUT2D eigenvalue weighted by atomic mass is 127. The molecule has 1 aromatic rings. The van der Waals surface area contributed by atoms with E-state index in [1.54, 1.807) is 18.2 Å². The molecule has 0 heterocycles. The molecule has 25 heavy (non-hydrogen) atoms. The first kappa shape index (κ1) is 21.5. The SMILES string of the molecule is CCNC(=NCC(=O)NC1CC1)NCC(C)Oc1ccccc1F.I. The first-order chi connectivity index (χ1) is 11.6. The fourth-order valence-electron chi connectivity index (χ4n) is 2.03. The maximum absolute atomic E-state index is 13.6. The van der Waals surface area contributed by atoms with Crippen molar-refractivity contribution in [2.45, 2.75) is 38.8 Å². The van der Waals surface area contributed by atoms with Gasteiger partial charge >= 0.3 is 0 Å². The molecule has 0 aromatic heterocycles. The van der Waals surface area contributed by atoms with Gasteiger partial charge in [-0.05, 0) is 38.8 Å². The summed E-state index contributed by atoms with van der Waals surface area (Å²) in [6.45, 7) is 4.97. The largest absolute Gasteiger partial charge is 0.486 e. The highest BCUT2D eigenvalue weighted by molar-refractivity contribution is 14.0. The standard InChI is InChI=1S/C17H25FN4O2.HI/c1-3-19-17(21-11-16(23)22-13-8-9-13)20-10-12(2)24-15-7-5-4-6-14(15)18;/h4-7,12-13H,3,8-11H2,1-2H3,(H,22,23)(H2,19,20,21);1H. The molecule has 1 aromatic carbocycles. The molecule has 1 saturated carbocycles. The van der Waals surface area contributed by atoms with Gasteiger partial charge in [-0.3, -0.25) is 4.79 Å². The average molecular weight is 464 g/mol. The third-order valence-corrected chi connectivity index (χ3v) is 3.39. The number of guanidine groups is 1. The van der Waals surface area contributed by atoms with E-state index in [0.717, 1.165) is 12.8 Å². The Labute approximate surface area is 165 Å². The molecule has 2 rings (SSSR count). The predicted molar refractivity (Wildman–Crippen MR) is 107 cm³/mol. The highest BCUT2D eigenvalue weighted by Crippen LogP contribution is 2.18. The monoisotopic (exact) mass is 464 g/mol. The molecule has 1 unspecified atom stereocenters. The summed E-state index contributed by atoms with van der Waals surface area (Å²) in [5, 5.41) is 9.05. The number of aliphatic imine (C=N–C) groups is 1. The van der Waals surface area contributed by atoms with Crippen molar-refractivity contribution in [2.75, 3.05) is 19.6 Å². The Balaban J connectivity index is 0.00000312. The van der Waals surface area contributed by atoms with Crippen molar-refractivity contribution in [3.8, 4) is 5.75 Å². The number of amides is 1. The zero-order valence-corrected chi connectivity index (χ0v) is 16.9. The topological polar surface area (TPSA) is 74.8 Å². The first-order valence-electron chi connectivity index (χ1n) is 8.31. The van der Waals surface area contributed by atoms with Gasteiger partial charge in [0.1, 0.15) is 12.6 Å². The molecule has 140 valence electrons. The van der Waals surface area contributed by atoms with Crippen LogP contribution in [0.15, 0.2) is 29.3 Å². The summed E-state index contributed by atoms with van der Waals surface area (Å²) in [7, 11) is 0. The van der Waals surface area contributed by atoms with Crippen LogP contribution in [0.1, 0.15) is 26.7 Å². The summed E-state index contributed by atoms with van der Waals surface area (Å²) in [5.74, 6) is 0.289. The van der Waals surface area contributed by atoms with Gasteiger partial charge in [0, 0.05) is 12.6 Å². The molecule has 1 aliphatic carbocycles. The Morgan fingerprint density at radius 2 is 2.08 bits per heavy atom. The molecule has 1 amide bonds. The van der Waals surface area contributed by atoms with E-state index in [1.165, 1.54) is 6.07 Å². The molecule has 1 fully saturated rings. The maximum atomic E-state index is 13.6. The summed E-state index contributed by atoms with van der Waals surface area (Å²) < 4.78 is 19.1. The zero-order valence-electron chi connectivity index (χ0n) is 14.5. The predicted octanol–water partition coefficient (Wildman–Crippen LogP) is 2.04. The lowest BCUT2D eigenvalue weighted by molar-refractivity contribution is -0.119. The quantitative estimate of drug-likeness (QED) is 0.313. The van der Waals surface area contributed by atoms with Crippen LogP contribution in [0.25, 0.3) is 0 Å². The number of halogens is 2. The number of nitrogens with zero attached hydrogens (tertiary/aromatic N) is 1. The van der Waals surface area contributed by atoms with Gasteiger partial charge in [0.2, 0.25) is 5.91 Å². The van der Waals surface area contributed by atoms with Crippen LogP contribution in [-0.2, 0) is 4.79 Å². The van der Waals surface area contributed by atoms with E-state index in [9.17, 15) is 9.18 Å². The van der Waals surface area contributed by atoms with Gasteiger partial charge in [0.25, 0.3) is 0 Å². The number of hydrogen-bond acceptors (Lipinski definition) is 3. The van der Waals surface area contributed by atoms with E-state index in [4.69, 9.17) is 4.74 Å². The van der Waals surface area contributed by atoms with Gasteiger partial charge < -0.3 is 20.7 Å². The van der Waals surface area contributed by atoms with Crippen LogP contribution < -0.4 is 20.7 Å². The summed E-state index contributed by atoms with van der Waals surface area (Å²) in [4.78, 5) is 15.9. The van der Waals surface area contributed by atoms with Gasteiger partial charge in [-0.2, -0.15) is 0 Å². The van der Waals surface area contributed by atoms with Crippen LogP contribution in [0.2, 0.25) is 0 Å². The minimum Gasteiger partial charge on any atom is -0.486 e. The van der Waals surface area contributed by atoms with E-state index in [2.05, 4.69) is 20.9 Å². The molecule has 3 N–H and O–H groups in total. The summed E-state index contributed by atoms with van der Waals surface area (Å²) in [5.41, 5.74) is 0. The van der Waals surface area contributed by atoms with Gasteiger partial charge in [-0.1, -0.05) is 12.1 Å². The summed E-state index contributed by atoms with van der Waals surface area (Å²) in [6, 6.07) is 6.63. The first-order valence-corrected chi connectivity index (χ1v) is 8.31. The van der Waals surface area contributed by atoms with E-state index in [-0.39, 0.29) is 54.1 Å². The van der Waals surface area contributed by atoms with Crippen molar-refractivity contribution < 1.29 is 13.9 Å². The van der Waals surface area contributed by atoms with Crippen LogP contribution in [0, 0.1) is 5.82 Å². The molecular weight excluding hydrogens is 438 g/mol. The number of carbonyl (C=O) groups excluding carboxylic acids is 1. The van der Waals surface area contributed by atoms with Gasteiger partial charge in [0.15, 0.2) is 17.5 Å². The number of nitrogens with one attached hydrogen (secondary N) is 3. The van der Waals surface area contributed by atoms with E-state index in [1.807, 2.05) is 13.8 Å². The smallest absolute Gasteiger partial charge is 0.242 e. The van der Waals surface area contributed by atoms with E-state index in [0.29, 0.717) is 25.1 Å². The van der Waals surface area contributed by atoms with Crippen molar-refractivity contribution in [2.24, 2.45) is 4.99 Å². The second kappa shape index (κ2) is 11.1. The van der Waals surface area contributed by atoms with Gasteiger partial charge in [0.05, 0.1) is 6.54 Å². The van der Waals surface area contributed by atoms with Crippen LogP contribution >= 0.6 is 24.0 Å². The second-order valence-corrected chi connectivity index (χ2v) is 5.78. The third kappa shape index (κ3) is 8.37. The normalized spacial score (nSPS) is 14.9. The van der Waals surface area contributed by atoms with Gasteiger partial charge in [-0.25, -0.2) is 9.38 Å². The second-order valence-electron chi connectivity index (χ2n) is 5.78. The average Bonchev–Trinajstić information content (AvgIpc) is 3.36. The molecule has 0 spiro atoms. The molecule has 0 saturated heterocycles. The lowest BCUT2D eigenvalue weighted by Gasteiger charge is -2.18. The molecular formula is C17H26FIN4O2. The van der Waals surface area contributed by atoms with E-state index < -0.39 is 0 Å². The van der Waals surface area contributed by atoms with Crippen molar-refractivity contribution in [3.63, 3.8) is 0 Å². The lowest BCUT2D eigenvalue weighted by Crippen LogP contribution is -2.42. The van der Waals surface area contributed by atoms with Crippen LogP contribution in [0.4, 0.5) is 4.39 Å². The Hall–Kier alpha value is -1.58. The van der Waals surface area contributed by atoms with Gasteiger partial charge in [-0.15, -0.1) is 24.0 Å². The van der Waals surface area contributed by atoms with Crippen molar-refractivity contribution >= 4 is 35.8 Å².